The third-order valence-corrected chi connectivity index (χ3v) is 5.22. The number of carbonyl (C=O) groups excluding carboxylic acids is 2. The second kappa shape index (κ2) is 9.56. The summed E-state index contributed by atoms with van der Waals surface area (Å²) in [4.78, 5) is 26.4. The molecule has 0 aliphatic carbocycles. The summed E-state index contributed by atoms with van der Waals surface area (Å²) in [5.74, 6) is 0.313. The van der Waals surface area contributed by atoms with Crippen molar-refractivity contribution in [3.05, 3.63) is 35.9 Å². The molecular weight excluding hydrogens is 314 g/mol. The van der Waals surface area contributed by atoms with Gasteiger partial charge in [0, 0.05) is 25.6 Å². The van der Waals surface area contributed by atoms with E-state index in [1.807, 2.05) is 36.9 Å². The first-order valence-corrected chi connectivity index (χ1v) is 9.39. The standard InChI is InChI=1S/C20H31N3O2/c1-3-15(2)19(21)20(25)22-17-11-13-23(14-12-17)18(24)10-9-16-7-5-4-6-8-16/h4-8,15,17,19H,3,9-14,21H2,1-2H3,(H,22,25). The van der Waals surface area contributed by atoms with Gasteiger partial charge < -0.3 is 16.0 Å². The van der Waals surface area contributed by atoms with Gasteiger partial charge in [-0.05, 0) is 30.7 Å². The Labute approximate surface area is 151 Å². The molecule has 138 valence electrons. The predicted molar refractivity (Wildman–Crippen MR) is 99.9 cm³/mol. The van der Waals surface area contributed by atoms with Gasteiger partial charge >= 0.3 is 0 Å². The zero-order valence-electron chi connectivity index (χ0n) is 15.4. The van der Waals surface area contributed by atoms with Gasteiger partial charge in [0.05, 0.1) is 6.04 Å². The average Bonchev–Trinajstić information content (AvgIpc) is 2.66. The van der Waals surface area contributed by atoms with Crippen LogP contribution in [0.1, 0.15) is 45.1 Å². The van der Waals surface area contributed by atoms with Crippen molar-refractivity contribution in [1.29, 1.82) is 0 Å². The Hall–Kier alpha value is -1.88. The van der Waals surface area contributed by atoms with Gasteiger partial charge in [-0.15, -0.1) is 0 Å². The molecule has 0 spiro atoms. The summed E-state index contributed by atoms with van der Waals surface area (Å²) in [5.41, 5.74) is 7.17. The van der Waals surface area contributed by atoms with Crippen molar-refractivity contribution in [2.75, 3.05) is 13.1 Å². The smallest absolute Gasteiger partial charge is 0.237 e. The Kier molecular flexibility index (Phi) is 7.44. The highest BCUT2D eigenvalue weighted by atomic mass is 16.2. The van der Waals surface area contributed by atoms with Crippen molar-refractivity contribution in [2.24, 2.45) is 11.7 Å². The second-order valence-corrected chi connectivity index (χ2v) is 7.06. The van der Waals surface area contributed by atoms with E-state index < -0.39 is 6.04 Å². The molecule has 1 heterocycles. The van der Waals surface area contributed by atoms with Crippen molar-refractivity contribution in [2.45, 2.75) is 58.0 Å². The minimum absolute atomic E-state index is 0.0665. The van der Waals surface area contributed by atoms with E-state index in [1.54, 1.807) is 0 Å². The zero-order chi connectivity index (χ0) is 18.2. The fourth-order valence-electron chi connectivity index (χ4n) is 3.14. The molecule has 1 aliphatic rings. The van der Waals surface area contributed by atoms with Gasteiger partial charge in [0.15, 0.2) is 0 Å². The Morgan fingerprint density at radius 1 is 1.24 bits per heavy atom. The molecule has 5 nitrogen and oxygen atoms in total. The van der Waals surface area contributed by atoms with Crippen LogP contribution in [0, 0.1) is 5.92 Å². The zero-order valence-corrected chi connectivity index (χ0v) is 15.4. The molecule has 1 saturated heterocycles. The number of hydrogen-bond acceptors (Lipinski definition) is 3. The molecular formula is C20H31N3O2. The normalized spacial score (nSPS) is 17.8. The van der Waals surface area contributed by atoms with Gasteiger partial charge in [-0.1, -0.05) is 50.6 Å². The number of hydrogen-bond donors (Lipinski definition) is 2. The van der Waals surface area contributed by atoms with Crippen molar-refractivity contribution >= 4 is 11.8 Å². The predicted octanol–water partition coefficient (Wildman–Crippen LogP) is 2.10. The minimum atomic E-state index is -0.449. The molecule has 1 aromatic carbocycles. The Morgan fingerprint density at radius 2 is 1.88 bits per heavy atom. The van der Waals surface area contributed by atoms with Gasteiger partial charge in [-0.25, -0.2) is 0 Å². The van der Waals surface area contributed by atoms with Crippen LogP contribution in [0.3, 0.4) is 0 Å². The third-order valence-electron chi connectivity index (χ3n) is 5.22. The lowest BCUT2D eigenvalue weighted by atomic mass is 9.98. The van der Waals surface area contributed by atoms with Crippen molar-refractivity contribution < 1.29 is 9.59 Å². The largest absolute Gasteiger partial charge is 0.352 e. The molecule has 0 aromatic heterocycles. The quantitative estimate of drug-likeness (QED) is 0.795. The summed E-state index contributed by atoms with van der Waals surface area (Å²) in [7, 11) is 0. The number of carbonyl (C=O) groups is 2. The molecule has 0 radical (unpaired) electrons. The van der Waals surface area contributed by atoms with Gasteiger partial charge in [0.25, 0.3) is 0 Å². The van der Waals surface area contributed by atoms with E-state index in [0.29, 0.717) is 19.5 Å². The first-order chi connectivity index (χ1) is 12.0. The molecule has 1 fully saturated rings. The summed E-state index contributed by atoms with van der Waals surface area (Å²) in [6, 6.07) is 9.76. The first-order valence-electron chi connectivity index (χ1n) is 9.39. The first kappa shape index (κ1) is 19.4. The summed E-state index contributed by atoms with van der Waals surface area (Å²) >= 11 is 0. The maximum atomic E-state index is 12.4. The molecule has 2 rings (SSSR count). The maximum Gasteiger partial charge on any atom is 0.237 e. The fraction of sp³-hybridized carbons (Fsp3) is 0.600. The molecule has 5 heteroatoms. The molecule has 1 aliphatic heterocycles. The Balaban J connectivity index is 1.72. The van der Waals surface area contributed by atoms with E-state index in [4.69, 9.17) is 5.73 Å². The maximum absolute atomic E-state index is 12.4. The van der Waals surface area contributed by atoms with Crippen LogP contribution in [-0.2, 0) is 16.0 Å². The number of nitrogens with one attached hydrogen (secondary N) is 1. The van der Waals surface area contributed by atoms with Crippen LogP contribution >= 0.6 is 0 Å². The molecule has 1 aromatic rings. The lowest BCUT2D eigenvalue weighted by molar-refractivity contribution is -0.132. The third kappa shape index (κ3) is 5.85. The fourth-order valence-corrected chi connectivity index (χ4v) is 3.14. The number of benzene rings is 1. The average molecular weight is 345 g/mol. The van der Waals surface area contributed by atoms with E-state index in [0.717, 1.165) is 25.7 Å². The van der Waals surface area contributed by atoms with Crippen LogP contribution in [-0.4, -0.2) is 41.9 Å². The number of rotatable bonds is 7. The van der Waals surface area contributed by atoms with E-state index in [-0.39, 0.29) is 23.8 Å². The van der Waals surface area contributed by atoms with E-state index in [1.165, 1.54) is 5.56 Å². The minimum Gasteiger partial charge on any atom is -0.352 e. The number of piperidine rings is 1. The van der Waals surface area contributed by atoms with Crippen LogP contribution in [0.2, 0.25) is 0 Å². The molecule has 2 amide bonds. The number of nitrogens with two attached hydrogens (primary N) is 1. The highest BCUT2D eigenvalue weighted by molar-refractivity contribution is 5.82. The molecule has 25 heavy (non-hydrogen) atoms. The molecule has 3 N–H and O–H groups in total. The van der Waals surface area contributed by atoms with Crippen molar-refractivity contribution in [1.82, 2.24) is 10.2 Å². The SMILES string of the molecule is CCC(C)C(N)C(=O)NC1CCN(C(=O)CCc2ccccc2)CC1. The Bertz CT molecular complexity index is 553. The lowest BCUT2D eigenvalue weighted by Gasteiger charge is -2.33. The van der Waals surface area contributed by atoms with Crippen molar-refractivity contribution in [3.8, 4) is 0 Å². The van der Waals surface area contributed by atoms with Gasteiger partial charge in [0.1, 0.15) is 0 Å². The summed E-state index contributed by atoms with van der Waals surface area (Å²) in [5, 5.41) is 3.05. The van der Waals surface area contributed by atoms with Crippen LogP contribution in [0.15, 0.2) is 30.3 Å². The van der Waals surface area contributed by atoms with Crippen molar-refractivity contribution in [3.63, 3.8) is 0 Å². The summed E-state index contributed by atoms with van der Waals surface area (Å²) < 4.78 is 0. The topological polar surface area (TPSA) is 75.4 Å². The van der Waals surface area contributed by atoms with Gasteiger partial charge in [-0.3, -0.25) is 9.59 Å². The van der Waals surface area contributed by atoms with E-state index in [9.17, 15) is 9.59 Å². The van der Waals surface area contributed by atoms with Crippen LogP contribution < -0.4 is 11.1 Å². The van der Waals surface area contributed by atoms with Gasteiger partial charge in [0.2, 0.25) is 11.8 Å². The second-order valence-electron chi connectivity index (χ2n) is 7.06. The highest BCUT2D eigenvalue weighted by Crippen LogP contribution is 2.14. The van der Waals surface area contributed by atoms with Crippen LogP contribution in [0.4, 0.5) is 0 Å². The lowest BCUT2D eigenvalue weighted by Crippen LogP contribution is -2.52. The van der Waals surface area contributed by atoms with Crippen LogP contribution in [0.5, 0.6) is 0 Å². The number of amides is 2. The monoisotopic (exact) mass is 345 g/mol. The number of likely N-dealkylation sites (tertiary alicyclic amines) is 1. The van der Waals surface area contributed by atoms with E-state index in [2.05, 4.69) is 17.4 Å². The van der Waals surface area contributed by atoms with Crippen LogP contribution in [0.25, 0.3) is 0 Å². The number of aryl methyl sites for hydroxylation is 1. The molecule has 2 atom stereocenters. The summed E-state index contributed by atoms with van der Waals surface area (Å²) in [6.07, 6.45) is 3.81. The Morgan fingerprint density at radius 3 is 2.48 bits per heavy atom. The molecule has 0 saturated carbocycles. The summed E-state index contributed by atoms with van der Waals surface area (Å²) in [6.45, 7) is 5.45. The van der Waals surface area contributed by atoms with E-state index >= 15 is 0 Å². The number of nitrogens with zero attached hydrogens (tertiary/aromatic N) is 1. The highest BCUT2D eigenvalue weighted by Gasteiger charge is 2.26. The molecule has 0 bridgehead atoms. The van der Waals surface area contributed by atoms with Gasteiger partial charge in [-0.2, -0.15) is 0 Å². The molecule has 2 unspecified atom stereocenters.